The number of hydrogen-bond acceptors (Lipinski definition) is 4. The average Bonchev–Trinajstić information content (AvgIpc) is 2.94. The van der Waals surface area contributed by atoms with Crippen molar-refractivity contribution in [3.8, 4) is 0 Å². The standard InChI is InChI=1S/C10H13NO4/c11-5-10(14,6-1-2-6)8-4-3-7(15-8)9(12)13/h3-4,6,14H,1-2,5,11H2,(H,12,13). The Labute approximate surface area is 86.5 Å². The van der Waals surface area contributed by atoms with Crippen LogP contribution in [0.1, 0.15) is 29.2 Å². The molecular formula is C10H13NO4. The van der Waals surface area contributed by atoms with E-state index in [0.717, 1.165) is 12.8 Å². The highest BCUT2D eigenvalue weighted by Gasteiger charge is 2.46. The van der Waals surface area contributed by atoms with Crippen LogP contribution in [0.15, 0.2) is 16.5 Å². The van der Waals surface area contributed by atoms with Gasteiger partial charge in [0.2, 0.25) is 5.76 Å². The van der Waals surface area contributed by atoms with Gasteiger partial charge < -0.3 is 20.4 Å². The molecule has 1 atom stereocenters. The molecule has 0 spiro atoms. The molecule has 1 fully saturated rings. The molecule has 1 aromatic heterocycles. The van der Waals surface area contributed by atoms with E-state index >= 15 is 0 Å². The third-order valence-corrected chi connectivity index (χ3v) is 2.81. The Morgan fingerprint density at radius 3 is 2.67 bits per heavy atom. The van der Waals surface area contributed by atoms with Gasteiger partial charge in [0.05, 0.1) is 0 Å². The lowest BCUT2D eigenvalue weighted by atomic mass is 9.95. The number of rotatable bonds is 4. The summed E-state index contributed by atoms with van der Waals surface area (Å²) in [6.07, 6.45) is 1.80. The summed E-state index contributed by atoms with van der Waals surface area (Å²) in [5, 5.41) is 18.9. The topological polar surface area (TPSA) is 96.7 Å². The van der Waals surface area contributed by atoms with Gasteiger partial charge in [0.25, 0.3) is 0 Å². The lowest BCUT2D eigenvalue weighted by Gasteiger charge is -2.23. The van der Waals surface area contributed by atoms with E-state index in [-0.39, 0.29) is 24.0 Å². The van der Waals surface area contributed by atoms with Crippen LogP contribution in [-0.2, 0) is 5.60 Å². The Morgan fingerprint density at radius 1 is 1.60 bits per heavy atom. The van der Waals surface area contributed by atoms with Crippen LogP contribution in [0, 0.1) is 5.92 Å². The van der Waals surface area contributed by atoms with Crippen LogP contribution in [0.25, 0.3) is 0 Å². The quantitative estimate of drug-likeness (QED) is 0.675. The Balaban J connectivity index is 2.30. The first-order valence-electron chi connectivity index (χ1n) is 4.84. The number of hydrogen-bond donors (Lipinski definition) is 3. The Morgan fingerprint density at radius 2 is 2.27 bits per heavy atom. The van der Waals surface area contributed by atoms with Crippen LogP contribution >= 0.6 is 0 Å². The zero-order valence-electron chi connectivity index (χ0n) is 8.14. The molecule has 2 rings (SSSR count). The maximum absolute atomic E-state index is 10.6. The van der Waals surface area contributed by atoms with Crippen molar-refractivity contribution in [2.75, 3.05) is 6.54 Å². The van der Waals surface area contributed by atoms with Crippen molar-refractivity contribution in [1.29, 1.82) is 0 Å². The minimum absolute atomic E-state index is 0.0459. The van der Waals surface area contributed by atoms with E-state index in [1.807, 2.05) is 0 Å². The Bertz CT molecular complexity index is 383. The molecule has 4 N–H and O–H groups in total. The Kier molecular flexibility index (Phi) is 2.28. The van der Waals surface area contributed by atoms with Crippen LogP contribution in [0.4, 0.5) is 0 Å². The monoisotopic (exact) mass is 211 g/mol. The van der Waals surface area contributed by atoms with Gasteiger partial charge in [0, 0.05) is 6.54 Å². The predicted molar refractivity (Wildman–Crippen MR) is 51.3 cm³/mol. The molecule has 1 saturated carbocycles. The van der Waals surface area contributed by atoms with Crippen molar-refractivity contribution in [3.63, 3.8) is 0 Å². The van der Waals surface area contributed by atoms with Gasteiger partial charge in [-0.1, -0.05) is 0 Å². The normalized spacial score (nSPS) is 19.9. The molecular weight excluding hydrogens is 198 g/mol. The number of furan rings is 1. The lowest BCUT2D eigenvalue weighted by Crippen LogP contribution is -2.36. The van der Waals surface area contributed by atoms with Crippen LogP contribution in [0.5, 0.6) is 0 Å². The molecule has 5 heteroatoms. The van der Waals surface area contributed by atoms with Gasteiger partial charge in [-0.25, -0.2) is 4.79 Å². The van der Waals surface area contributed by atoms with E-state index in [1.165, 1.54) is 12.1 Å². The molecule has 1 unspecified atom stereocenters. The minimum atomic E-state index is -1.20. The van der Waals surface area contributed by atoms with Crippen LogP contribution in [0.2, 0.25) is 0 Å². The average molecular weight is 211 g/mol. The van der Waals surface area contributed by atoms with Gasteiger partial charge >= 0.3 is 5.97 Å². The number of aliphatic hydroxyl groups is 1. The molecule has 1 aliphatic carbocycles. The molecule has 0 radical (unpaired) electrons. The SMILES string of the molecule is NCC(O)(c1ccc(C(=O)O)o1)C1CC1. The molecule has 0 bridgehead atoms. The Hall–Kier alpha value is -1.33. The number of carboxylic acids is 1. The zero-order chi connectivity index (χ0) is 11.1. The molecule has 0 amide bonds. The van der Waals surface area contributed by atoms with Gasteiger partial charge in [-0.05, 0) is 30.9 Å². The molecule has 0 aromatic carbocycles. The summed E-state index contributed by atoms with van der Waals surface area (Å²) >= 11 is 0. The summed E-state index contributed by atoms with van der Waals surface area (Å²) in [4.78, 5) is 10.6. The van der Waals surface area contributed by atoms with E-state index in [2.05, 4.69) is 0 Å². The fraction of sp³-hybridized carbons (Fsp3) is 0.500. The van der Waals surface area contributed by atoms with Crippen molar-refractivity contribution in [3.05, 3.63) is 23.7 Å². The van der Waals surface area contributed by atoms with Crippen LogP contribution in [-0.4, -0.2) is 22.7 Å². The lowest BCUT2D eigenvalue weighted by molar-refractivity contribution is -0.000146. The molecule has 5 nitrogen and oxygen atoms in total. The second kappa shape index (κ2) is 3.36. The molecule has 0 aliphatic heterocycles. The van der Waals surface area contributed by atoms with Gasteiger partial charge in [-0.2, -0.15) is 0 Å². The first-order chi connectivity index (χ1) is 7.08. The number of carboxylic acid groups (broad SMARTS) is 1. The third-order valence-electron chi connectivity index (χ3n) is 2.81. The van der Waals surface area contributed by atoms with Crippen molar-refractivity contribution < 1.29 is 19.4 Å². The first-order valence-corrected chi connectivity index (χ1v) is 4.84. The van der Waals surface area contributed by atoms with Crippen molar-refractivity contribution >= 4 is 5.97 Å². The largest absolute Gasteiger partial charge is 0.475 e. The zero-order valence-corrected chi connectivity index (χ0v) is 8.14. The van der Waals surface area contributed by atoms with Crippen LogP contribution < -0.4 is 5.73 Å². The maximum Gasteiger partial charge on any atom is 0.371 e. The smallest absolute Gasteiger partial charge is 0.371 e. The summed E-state index contributed by atoms with van der Waals surface area (Å²) in [6, 6.07) is 2.81. The van der Waals surface area contributed by atoms with E-state index in [0.29, 0.717) is 0 Å². The van der Waals surface area contributed by atoms with Crippen LogP contribution in [0.3, 0.4) is 0 Å². The highest BCUT2D eigenvalue weighted by atomic mass is 16.4. The molecule has 0 saturated heterocycles. The predicted octanol–water partition coefficient (Wildman–Crippen LogP) is 0.534. The van der Waals surface area contributed by atoms with Gasteiger partial charge in [-0.15, -0.1) is 0 Å². The summed E-state index contributed by atoms with van der Waals surface area (Å²) in [5.74, 6) is -0.964. The summed E-state index contributed by atoms with van der Waals surface area (Å²) in [7, 11) is 0. The summed E-state index contributed by atoms with van der Waals surface area (Å²) < 4.78 is 5.07. The number of aromatic carboxylic acids is 1. The number of carbonyl (C=O) groups is 1. The summed E-state index contributed by atoms with van der Waals surface area (Å²) in [6.45, 7) is 0.0459. The van der Waals surface area contributed by atoms with Crippen molar-refractivity contribution in [2.24, 2.45) is 11.7 Å². The van der Waals surface area contributed by atoms with E-state index in [1.54, 1.807) is 0 Å². The van der Waals surface area contributed by atoms with Gasteiger partial charge in [0.15, 0.2) is 0 Å². The van der Waals surface area contributed by atoms with E-state index in [9.17, 15) is 9.90 Å². The van der Waals surface area contributed by atoms with Crippen molar-refractivity contribution in [2.45, 2.75) is 18.4 Å². The molecule has 82 valence electrons. The summed E-state index contributed by atoms with van der Waals surface area (Å²) in [5.41, 5.74) is 4.31. The molecule has 1 aromatic rings. The first kappa shape index (κ1) is 10.2. The third kappa shape index (κ3) is 1.64. The van der Waals surface area contributed by atoms with E-state index < -0.39 is 11.6 Å². The highest BCUT2D eigenvalue weighted by Crippen LogP contribution is 2.45. The fourth-order valence-corrected chi connectivity index (χ4v) is 1.71. The molecule has 1 heterocycles. The fourth-order valence-electron chi connectivity index (χ4n) is 1.71. The second-order valence-corrected chi connectivity index (χ2v) is 3.87. The maximum atomic E-state index is 10.6. The minimum Gasteiger partial charge on any atom is -0.475 e. The van der Waals surface area contributed by atoms with Crippen molar-refractivity contribution in [1.82, 2.24) is 0 Å². The van der Waals surface area contributed by atoms with E-state index in [4.69, 9.17) is 15.3 Å². The molecule has 1 aliphatic rings. The number of nitrogens with two attached hydrogens (primary N) is 1. The van der Waals surface area contributed by atoms with Gasteiger partial charge in [0.1, 0.15) is 11.4 Å². The highest BCUT2D eigenvalue weighted by molar-refractivity contribution is 5.84. The van der Waals surface area contributed by atoms with Gasteiger partial charge in [-0.3, -0.25) is 0 Å². The molecule has 15 heavy (non-hydrogen) atoms. The second-order valence-electron chi connectivity index (χ2n) is 3.87.